The van der Waals surface area contributed by atoms with Crippen molar-refractivity contribution >= 4 is 5.91 Å². The molecule has 114 valence electrons. The minimum Gasteiger partial charge on any atom is -0.340 e. The first-order valence-electron chi connectivity index (χ1n) is 7.11. The van der Waals surface area contributed by atoms with Gasteiger partial charge < -0.3 is 5.32 Å². The third kappa shape index (κ3) is 3.45. The number of tetrazole rings is 1. The van der Waals surface area contributed by atoms with Crippen molar-refractivity contribution < 1.29 is 4.79 Å². The Kier molecular flexibility index (Phi) is 4.66. The van der Waals surface area contributed by atoms with E-state index in [1.807, 2.05) is 20.0 Å². The van der Waals surface area contributed by atoms with Crippen LogP contribution in [0.3, 0.4) is 0 Å². The van der Waals surface area contributed by atoms with Crippen LogP contribution in [-0.4, -0.2) is 36.3 Å². The number of nitrogens with one attached hydrogen (secondary N) is 2. The van der Waals surface area contributed by atoms with Crippen molar-refractivity contribution in [1.82, 2.24) is 35.7 Å². The van der Waals surface area contributed by atoms with Crippen LogP contribution < -0.4 is 5.32 Å². The summed E-state index contributed by atoms with van der Waals surface area (Å²) in [5.74, 6) is 0.582. The van der Waals surface area contributed by atoms with Gasteiger partial charge in [0, 0.05) is 12.7 Å². The number of nitrogens with zero attached hydrogens (tertiary/aromatic N) is 5. The maximum atomic E-state index is 12.3. The molecule has 2 aromatic heterocycles. The standard InChI is InChI=1S/C13H21N7O/c1-5-6-9(12-15-18-19-16-12)14-13(21)10-7-11(8(2)3)20(4)17-10/h7-9H,5-6H2,1-4H3,(H,14,21)(H,15,16,18,19)/t9-/m0/s1. The van der Waals surface area contributed by atoms with Gasteiger partial charge in [-0.2, -0.15) is 10.3 Å². The number of H-pyrrole nitrogens is 1. The molecule has 1 atom stereocenters. The third-order valence-corrected chi connectivity index (χ3v) is 3.30. The molecule has 0 radical (unpaired) electrons. The maximum absolute atomic E-state index is 12.3. The molecule has 8 heteroatoms. The maximum Gasteiger partial charge on any atom is 0.272 e. The average Bonchev–Trinajstić information content (AvgIpc) is 3.07. The molecule has 2 N–H and O–H groups in total. The van der Waals surface area contributed by atoms with Crippen molar-refractivity contribution in [2.75, 3.05) is 0 Å². The summed E-state index contributed by atoms with van der Waals surface area (Å²) in [7, 11) is 1.84. The van der Waals surface area contributed by atoms with Crippen LogP contribution in [0.4, 0.5) is 0 Å². The molecule has 0 aromatic carbocycles. The zero-order valence-corrected chi connectivity index (χ0v) is 12.8. The van der Waals surface area contributed by atoms with Gasteiger partial charge >= 0.3 is 0 Å². The van der Waals surface area contributed by atoms with E-state index in [2.05, 4.69) is 44.9 Å². The highest BCUT2D eigenvalue weighted by Gasteiger charge is 2.21. The Morgan fingerprint density at radius 3 is 2.76 bits per heavy atom. The van der Waals surface area contributed by atoms with Gasteiger partial charge in [0.15, 0.2) is 5.82 Å². The lowest BCUT2D eigenvalue weighted by Crippen LogP contribution is -2.29. The van der Waals surface area contributed by atoms with E-state index >= 15 is 0 Å². The number of aromatic nitrogens is 6. The summed E-state index contributed by atoms with van der Waals surface area (Å²) in [5, 5.41) is 21.0. The Bertz CT molecular complexity index is 588. The number of aryl methyl sites for hydroxylation is 1. The van der Waals surface area contributed by atoms with Gasteiger partial charge in [0.05, 0.1) is 6.04 Å². The Morgan fingerprint density at radius 2 is 2.24 bits per heavy atom. The topological polar surface area (TPSA) is 101 Å². The van der Waals surface area contributed by atoms with Crippen LogP contribution in [0.1, 0.15) is 67.6 Å². The lowest BCUT2D eigenvalue weighted by molar-refractivity contribution is 0.0926. The predicted octanol–water partition coefficient (Wildman–Crippen LogP) is 1.33. The van der Waals surface area contributed by atoms with Crippen molar-refractivity contribution in [3.05, 3.63) is 23.3 Å². The second-order valence-corrected chi connectivity index (χ2v) is 5.32. The summed E-state index contributed by atoms with van der Waals surface area (Å²) in [4.78, 5) is 12.3. The summed E-state index contributed by atoms with van der Waals surface area (Å²) in [6.07, 6.45) is 1.65. The van der Waals surface area contributed by atoms with Crippen molar-refractivity contribution in [2.24, 2.45) is 7.05 Å². The number of carbonyl (C=O) groups is 1. The van der Waals surface area contributed by atoms with E-state index < -0.39 is 0 Å². The van der Waals surface area contributed by atoms with Crippen molar-refractivity contribution in [3.63, 3.8) is 0 Å². The molecule has 0 spiro atoms. The van der Waals surface area contributed by atoms with Crippen LogP contribution in [0.5, 0.6) is 0 Å². The lowest BCUT2D eigenvalue weighted by atomic mass is 10.1. The molecule has 0 aliphatic rings. The molecule has 2 heterocycles. The molecule has 2 rings (SSSR count). The molecule has 0 aliphatic carbocycles. The molecule has 8 nitrogen and oxygen atoms in total. The minimum atomic E-state index is -0.259. The molecule has 1 amide bonds. The van der Waals surface area contributed by atoms with E-state index in [-0.39, 0.29) is 11.9 Å². The fraction of sp³-hybridized carbons (Fsp3) is 0.615. The van der Waals surface area contributed by atoms with Crippen LogP contribution >= 0.6 is 0 Å². The predicted molar refractivity (Wildman–Crippen MR) is 76.6 cm³/mol. The van der Waals surface area contributed by atoms with Gasteiger partial charge in [-0.15, -0.1) is 10.2 Å². The fourth-order valence-corrected chi connectivity index (χ4v) is 2.24. The molecule has 0 saturated heterocycles. The van der Waals surface area contributed by atoms with E-state index in [9.17, 15) is 4.79 Å². The first kappa shape index (κ1) is 15.1. The van der Waals surface area contributed by atoms with Gasteiger partial charge in [-0.05, 0) is 18.4 Å². The zero-order valence-electron chi connectivity index (χ0n) is 12.8. The number of hydrogen-bond acceptors (Lipinski definition) is 5. The van der Waals surface area contributed by atoms with Gasteiger partial charge in [0.25, 0.3) is 5.91 Å². The summed E-state index contributed by atoms with van der Waals surface area (Å²) < 4.78 is 1.74. The molecule has 0 aliphatic heterocycles. The second kappa shape index (κ2) is 6.47. The zero-order chi connectivity index (χ0) is 15.4. The smallest absolute Gasteiger partial charge is 0.272 e. The van der Waals surface area contributed by atoms with Crippen LogP contribution in [0.2, 0.25) is 0 Å². The summed E-state index contributed by atoms with van der Waals surface area (Å²) >= 11 is 0. The van der Waals surface area contributed by atoms with Crippen LogP contribution in [0.25, 0.3) is 0 Å². The Labute approximate surface area is 123 Å². The first-order valence-corrected chi connectivity index (χ1v) is 7.11. The fourth-order valence-electron chi connectivity index (χ4n) is 2.24. The second-order valence-electron chi connectivity index (χ2n) is 5.32. The van der Waals surface area contributed by atoms with E-state index in [1.165, 1.54) is 0 Å². The number of amides is 1. The Hall–Kier alpha value is -2.25. The van der Waals surface area contributed by atoms with Crippen molar-refractivity contribution in [3.8, 4) is 0 Å². The van der Waals surface area contributed by atoms with E-state index in [1.54, 1.807) is 4.68 Å². The minimum absolute atomic E-state index is 0.222. The summed E-state index contributed by atoms with van der Waals surface area (Å²) in [5.41, 5.74) is 1.43. The average molecular weight is 291 g/mol. The molecule has 0 fully saturated rings. The number of rotatable bonds is 6. The molecule has 2 aromatic rings. The number of carbonyl (C=O) groups excluding carboxylic acids is 1. The van der Waals surface area contributed by atoms with E-state index in [0.29, 0.717) is 17.4 Å². The molecule has 21 heavy (non-hydrogen) atoms. The molecule has 0 unspecified atom stereocenters. The number of hydrogen-bond donors (Lipinski definition) is 2. The molecule has 0 bridgehead atoms. The van der Waals surface area contributed by atoms with Crippen molar-refractivity contribution in [1.29, 1.82) is 0 Å². The highest BCUT2D eigenvalue weighted by molar-refractivity contribution is 5.92. The Morgan fingerprint density at radius 1 is 1.48 bits per heavy atom. The summed E-state index contributed by atoms with van der Waals surface area (Å²) in [6, 6.07) is 1.56. The van der Waals surface area contributed by atoms with Crippen LogP contribution in [0, 0.1) is 0 Å². The van der Waals surface area contributed by atoms with Gasteiger partial charge in [-0.25, -0.2) is 0 Å². The largest absolute Gasteiger partial charge is 0.340 e. The van der Waals surface area contributed by atoms with Gasteiger partial charge in [0.2, 0.25) is 0 Å². The summed E-state index contributed by atoms with van der Waals surface area (Å²) in [6.45, 7) is 6.17. The highest BCUT2D eigenvalue weighted by Crippen LogP contribution is 2.17. The lowest BCUT2D eigenvalue weighted by Gasteiger charge is -2.13. The van der Waals surface area contributed by atoms with Crippen molar-refractivity contribution in [2.45, 2.75) is 45.6 Å². The SMILES string of the molecule is CCC[C@H](NC(=O)c1cc(C(C)C)n(C)n1)c1nn[nH]n1. The first-order chi connectivity index (χ1) is 10.0. The monoisotopic (exact) mass is 291 g/mol. The normalized spacial score (nSPS) is 12.6. The van der Waals surface area contributed by atoms with Gasteiger partial charge in [0.1, 0.15) is 5.69 Å². The Balaban J connectivity index is 2.14. The third-order valence-electron chi connectivity index (χ3n) is 3.30. The van der Waals surface area contributed by atoms with E-state index in [4.69, 9.17) is 0 Å². The molecular formula is C13H21N7O. The van der Waals surface area contributed by atoms with Gasteiger partial charge in [-0.1, -0.05) is 32.4 Å². The van der Waals surface area contributed by atoms with Gasteiger partial charge in [-0.3, -0.25) is 9.48 Å². The highest BCUT2D eigenvalue weighted by atomic mass is 16.2. The molecule has 0 saturated carbocycles. The van der Waals surface area contributed by atoms with Crippen LogP contribution in [0.15, 0.2) is 6.07 Å². The quantitative estimate of drug-likeness (QED) is 0.836. The number of aromatic amines is 1. The van der Waals surface area contributed by atoms with Crippen LogP contribution in [-0.2, 0) is 7.05 Å². The molecular weight excluding hydrogens is 270 g/mol. The van der Waals surface area contributed by atoms with E-state index in [0.717, 1.165) is 18.5 Å².